The number of halogens is 3. The van der Waals surface area contributed by atoms with Crippen LogP contribution in [0.25, 0.3) is 5.65 Å². The molecule has 3 aromatic heterocycles. The summed E-state index contributed by atoms with van der Waals surface area (Å²) < 4.78 is 53.7. The molecule has 0 N–H and O–H groups in total. The van der Waals surface area contributed by atoms with Crippen LogP contribution < -0.4 is 4.74 Å². The van der Waals surface area contributed by atoms with E-state index >= 15 is 4.39 Å². The Morgan fingerprint density at radius 3 is 2.69 bits per heavy atom. The standard InChI is InChI=1S/C23H24F3N3O3/c1-13(2)32-19-11-20-28-21(14-6-8-31-9-7-14)23(26)29(20)12-15(19)10-18(30)16-4-3-5-17(27-16)22(24)25/h3-5,11-14,22H,6-10H2,1-2H3. The van der Waals surface area contributed by atoms with Crippen LogP contribution >= 0.6 is 0 Å². The van der Waals surface area contributed by atoms with E-state index in [9.17, 15) is 13.6 Å². The number of ether oxygens (including phenoxy) is 2. The number of alkyl halides is 2. The summed E-state index contributed by atoms with van der Waals surface area (Å²) in [5.74, 6) is -0.584. The van der Waals surface area contributed by atoms with Gasteiger partial charge in [-0.2, -0.15) is 4.39 Å². The number of fused-ring (bicyclic) bond motifs is 1. The van der Waals surface area contributed by atoms with Gasteiger partial charge in [0, 0.05) is 43.4 Å². The maximum absolute atomic E-state index is 15.2. The molecule has 0 spiro atoms. The van der Waals surface area contributed by atoms with Crippen molar-refractivity contribution in [2.24, 2.45) is 0 Å². The van der Waals surface area contributed by atoms with Crippen LogP contribution in [0.4, 0.5) is 13.2 Å². The molecule has 0 atom stereocenters. The quantitative estimate of drug-likeness (QED) is 0.482. The van der Waals surface area contributed by atoms with E-state index in [2.05, 4.69) is 9.97 Å². The summed E-state index contributed by atoms with van der Waals surface area (Å²) in [7, 11) is 0. The van der Waals surface area contributed by atoms with Gasteiger partial charge in [-0.25, -0.2) is 18.7 Å². The molecule has 0 aliphatic carbocycles. The van der Waals surface area contributed by atoms with Crippen molar-refractivity contribution in [3.8, 4) is 5.75 Å². The average molecular weight is 447 g/mol. The van der Waals surface area contributed by atoms with Gasteiger partial charge in [-0.3, -0.25) is 9.20 Å². The van der Waals surface area contributed by atoms with Crippen LogP contribution in [0.2, 0.25) is 0 Å². The Hall–Kier alpha value is -2.94. The Kier molecular flexibility index (Phi) is 6.45. The van der Waals surface area contributed by atoms with Gasteiger partial charge < -0.3 is 9.47 Å². The maximum Gasteiger partial charge on any atom is 0.280 e. The van der Waals surface area contributed by atoms with E-state index in [0.717, 1.165) is 0 Å². The number of imidazole rings is 1. The van der Waals surface area contributed by atoms with Gasteiger partial charge in [-0.15, -0.1) is 0 Å². The first-order valence-electron chi connectivity index (χ1n) is 10.6. The van der Waals surface area contributed by atoms with Crippen molar-refractivity contribution in [1.82, 2.24) is 14.4 Å². The number of Topliss-reactive ketones (excluding diaryl/α,β-unsaturated/α-hetero) is 1. The van der Waals surface area contributed by atoms with Gasteiger partial charge in [-0.05, 0) is 38.8 Å². The predicted molar refractivity (Wildman–Crippen MR) is 111 cm³/mol. The zero-order valence-corrected chi connectivity index (χ0v) is 17.9. The van der Waals surface area contributed by atoms with Crippen molar-refractivity contribution in [3.05, 3.63) is 59.1 Å². The van der Waals surface area contributed by atoms with E-state index in [4.69, 9.17) is 9.47 Å². The summed E-state index contributed by atoms with van der Waals surface area (Å²) in [4.78, 5) is 21.0. The third-order valence-corrected chi connectivity index (χ3v) is 5.37. The Bertz CT molecular complexity index is 1120. The SMILES string of the molecule is CC(C)Oc1cc2nc(C3CCOCC3)c(F)n2cc1CC(=O)c1cccc(C(F)F)n1. The first kappa shape index (κ1) is 22.3. The van der Waals surface area contributed by atoms with Gasteiger partial charge in [0.1, 0.15) is 22.8 Å². The van der Waals surface area contributed by atoms with E-state index in [1.807, 2.05) is 13.8 Å². The zero-order chi connectivity index (χ0) is 22.8. The molecule has 3 aromatic rings. The Labute approximate surface area is 183 Å². The fraction of sp³-hybridized carbons (Fsp3) is 0.435. The maximum atomic E-state index is 15.2. The van der Waals surface area contributed by atoms with E-state index in [1.54, 1.807) is 6.07 Å². The third-order valence-electron chi connectivity index (χ3n) is 5.37. The van der Waals surface area contributed by atoms with E-state index in [-0.39, 0.29) is 24.1 Å². The molecule has 4 heterocycles. The van der Waals surface area contributed by atoms with Crippen molar-refractivity contribution in [3.63, 3.8) is 0 Å². The van der Waals surface area contributed by atoms with Crippen LogP contribution in [-0.2, 0) is 11.2 Å². The van der Waals surface area contributed by atoms with Gasteiger partial charge in [0.2, 0.25) is 5.95 Å². The number of carbonyl (C=O) groups excluding carboxylic acids is 1. The number of rotatable bonds is 7. The molecular formula is C23H24F3N3O3. The van der Waals surface area contributed by atoms with Gasteiger partial charge >= 0.3 is 0 Å². The molecule has 6 nitrogen and oxygen atoms in total. The number of hydrogen-bond donors (Lipinski definition) is 0. The first-order valence-corrected chi connectivity index (χ1v) is 10.6. The van der Waals surface area contributed by atoms with Crippen molar-refractivity contribution in [2.75, 3.05) is 13.2 Å². The number of ketones is 1. The number of aromatic nitrogens is 3. The number of nitrogens with zero attached hydrogens (tertiary/aromatic N) is 3. The van der Waals surface area contributed by atoms with Crippen molar-refractivity contribution >= 4 is 11.4 Å². The highest BCUT2D eigenvalue weighted by Crippen LogP contribution is 2.31. The van der Waals surface area contributed by atoms with E-state index < -0.39 is 23.9 Å². The molecule has 0 unspecified atom stereocenters. The molecule has 0 saturated carbocycles. The highest BCUT2D eigenvalue weighted by molar-refractivity contribution is 5.96. The lowest BCUT2D eigenvalue weighted by molar-refractivity contribution is 0.0837. The molecule has 1 fully saturated rings. The minimum atomic E-state index is -2.78. The van der Waals surface area contributed by atoms with Crippen LogP contribution in [0.5, 0.6) is 5.75 Å². The van der Waals surface area contributed by atoms with Crippen LogP contribution in [0, 0.1) is 5.95 Å². The summed E-state index contributed by atoms with van der Waals surface area (Å²) >= 11 is 0. The first-order chi connectivity index (χ1) is 15.3. The fourth-order valence-electron chi connectivity index (χ4n) is 3.82. The van der Waals surface area contributed by atoms with Crippen LogP contribution in [-0.4, -0.2) is 39.5 Å². The summed E-state index contributed by atoms with van der Waals surface area (Å²) in [6.45, 7) is 4.79. The topological polar surface area (TPSA) is 65.7 Å². The minimum absolute atomic E-state index is 0.0375. The number of hydrogen-bond acceptors (Lipinski definition) is 5. The predicted octanol–water partition coefficient (Wildman–Crippen LogP) is 4.91. The molecule has 1 aliphatic rings. The molecule has 0 radical (unpaired) electrons. The lowest BCUT2D eigenvalue weighted by Gasteiger charge is -2.20. The van der Waals surface area contributed by atoms with Crippen LogP contribution in [0.15, 0.2) is 30.5 Å². The zero-order valence-electron chi connectivity index (χ0n) is 17.9. The molecule has 1 saturated heterocycles. The van der Waals surface area contributed by atoms with Crippen LogP contribution in [0.3, 0.4) is 0 Å². The van der Waals surface area contributed by atoms with Crippen LogP contribution in [0.1, 0.15) is 66.5 Å². The smallest absolute Gasteiger partial charge is 0.280 e. The Morgan fingerprint density at radius 1 is 1.25 bits per heavy atom. The largest absolute Gasteiger partial charge is 0.491 e. The highest BCUT2D eigenvalue weighted by atomic mass is 19.3. The monoisotopic (exact) mass is 447 g/mol. The van der Waals surface area contributed by atoms with E-state index in [1.165, 1.54) is 28.8 Å². The summed E-state index contributed by atoms with van der Waals surface area (Å²) in [6.07, 6.45) is -0.278. The van der Waals surface area contributed by atoms with Crippen molar-refractivity contribution in [1.29, 1.82) is 0 Å². The molecule has 4 rings (SSSR count). The summed E-state index contributed by atoms with van der Waals surface area (Å²) in [5.41, 5.74) is 0.640. The molecule has 0 aromatic carbocycles. The number of pyridine rings is 2. The van der Waals surface area contributed by atoms with Gasteiger partial charge in [0.15, 0.2) is 5.78 Å². The minimum Gasteiger partial charge on any atom is -0.491 e. The second-order valence-electron chi connectivity index (χ2n) is 8.08. The number of carbonyl (C=O) groups is 1. The van der Waals surface area contributed by atoms with Crippen molar-refractivity contribution in [2.45, 2.75) is 51.6 Å². The highest BCUT2D eigenvalue weighted by Gasteiger charge is 2.25. The Balaban J connectivity index is 1.71. The molecule has 0 bridgehead atoms. The van der Waals surface area contributed by atoms with Gasteiger partial charge in [0.25, 0.3) is 6.43 Å². The normalized spacial score (nSPS) is 15.1. The lowest BCUT2D eigenvalue weighted by atomic mass is 9.97. The molecular weight excluding hydrogens is 423 g/mol. The van der Waals surface area contributed by atoms with Gasteiger partial charge in [0.05, 0.1) is 11.8 Å². The molecule has 0 amide bonds. The molecule has 32 heavy (non-hydrogen) atoms. The molecule has 1 aliphatic heterocycles. The fourth-order valence-corrected chi connectivity index (χ4v) is 3.82. The second-order valence-corrected chi connectivity index (χ2v) is 8.08. The molecule has 170 valence electrons. The third kappa shape index (κ3) is 4.62. The molecule has 9 heteroatoms. The Morgan fingerprint density at radius 2 is 2.00 bits per heavy atom. The lowest BCUT2D eigenvalue weighted by Crippen LogP contribution is -2.15. The van der Waals surface area contributed by atoms with Gasteiger partial charge in [-0.1, -0.05) is 6.07 Å². The van der Waals surface area contributed by atoms with E-state index in [0.29, 0.717) is 48.7 Å². The van der Waals surface area contributed by atoms with Crippen molar-refractivity contribution < 1.29 is 27.4 Å². The second kappa shape index (κ2) is 9.28. The summed E-state index contributed by atoms with van der Waals surface area (Å²) in [5, 5.41) is 0. The average Bonchev–Trinajstić information content (AvgIpc) is 3.09. The summed E-state index contributed by atoms with van der Waals surface area (Å²) in [6, 6.07) is 5.53.